The first-order valence-corrected chi connectivity index (χ1v) is 10.3. The molecule has 3 aromatic rings. The average molecular weight is 409 g/mol. The summed E-state index contributed by atoms with van der Waals surface area (Å²) in [5.41, 5.74) is 2.49. The zero-order chi connectivity index (χ0) is 21.2. The third-order valence-electron chi connectivity index (χ3n) is 4.71. The molecule has 30 heavy (non-hydrogen) atoms. The van der Waals surface area contributed by atoms with Crippen molar-refractivity contribution in [1.29, 1.82) is 0 Å². The second kappa shape index (κ2) is 10.9. The Labute approximate surface area is 175 Å². The van der Waals surface area contributed by atoms with Gasteiger partial charge < -0.3 is 9.84 Å². The van der Waals surface area contributed by atoms with E-state index in [4.69, 9.17) is 4.74 Å². The maximum absolute atomic E-state index is 12.1. The Balaban J connectivity index is 1.59. The van der Waals surface area contributed by atoms with Gasteiger partial charge in [0, 0.05) is 34.8 Å². The monoisotopic (exact) mass is 409 g/mol. The zero-order valence-corrected chi connectivity index (χ0v) is 17.1. The number of anilines is 1. The lowest BCUT2D eigenvalue weighted by atomic mass is 10.0. The van der Waals surface area contributed by atoms with E-state index in [2.05, 4.69) is 32.4 Å². The van der Waals surface area contributed by atoms with E-state index in [1.807, 2.05) is 6.07 Å². The summed E-state index contributed by atoms with van der Waals surface area (Å²) >= 11 is 0. The van der Waals surface area contributed by atoms with Crippen molar-refractivity contribution in [3.05, 3.63) is 43.0 Å². The topological polar surface area (TPSA) is 113 Å². The van der Waals surface area contributed by atoms with Crippen molar-refractivity contribution in [3.63, 3.8) is 0 Å². The number of carbonyl (C=O) groups excluding carboxylic acids is 1. The van der Waals surface area contributed by atoms with Crippen LogP contribution in [0.2, 0.25) is 0 Å². The van der Waals surface area contributed by atoms with Gasteiger partial charge in [0.2, 0.25) is 0 Å². The van der Waals surface area contributed by atoms with E-state index in [0.717, 1.165) is 18.4 Å². The standard InChI is InChI=1S/C22H27N5O3/c1-2-3-4-5-6-7-10-30-22(29)26-18-8-9-20(28)19(12-18)16-11-17(14-23-13-16)21-24-15-25-27-21/h8-9,11-15,28H,2-7,10H2,1H3,(H,26,29)(H,24,25,27). The van der Waals surface area contributed by atoms with Crippen molar-refractivity contribution in [2.75, 3.05) is 11.9 Å². The summed E-state index contributed by atoms with van der Waals surface area (Å²) in [6.45, 7) is 2.58. The van der Waals surface area contributed by atoms with Crippen LogP contribution in [0.15, 0.2) is 43.0 Å². The van der Waals surface area contributed by atoms with E-state index >= 15 is 0 Å². The highest BCUT2D eigenvalue weighted by Crippen LogP contribution is 2.33. The molecular weight excluding hydrogens is 382 g/mol. The highest BCUT2D eigenvalue weighted by molar-refractivity contribution is 5.87. The van der Waals surface area contributed by atoms with Crippen molar-refractivity contribution in [1.82, 2.24) is 20.2 Å². The van der Waals surface area contributed by atoms with Gasteiger partial charge in [-0.05, 0) is 30.7 Å². The van der Waals surface area contributed by atoms with Gasteiger partial charge >= 0.3 is 6.09 Å². The lowest BCUT2D eigenvalue weighted by Crippen LogP contribution is -2.14. The van der Waals surface area contributed by atoms with Crippen molar-refractivity contribution < 1.29 is 14.6 Å². The first-order valence-electron chi connectivity index (χ1n) is 10.3. The number of phenols is 1. The second-order valence-corrected chi connectivity index (χ2v) is 7.06. The smallest absolute Gasteiger partial charge is 0.411 e. The van der Waals surface area contributed by atoms with Crippen LogP contribution in [0.3, 0.4) is 0 Å². The van der Waals surface area contributed by atoms with Crippen molar-refractivity contribution in [3.8, 4) is 28.3 Å². The van der Waals surface area contributed by atoms with Gasteiger partial charge in [0.05, 0.1) is 6.61 Å². The minimum absolute atomic E-state index is 0.0810. The average Bonchev–Trinajstić information content (AvgIpc) is 3.30. The number of aromatic hydroxyl groups is 1. The number of amides is 1. The van der Waals surface area contributed by atoms with Crippen molar-refractivity contribution >= 4 is 11.8 Å². The van der Waals surface area contributed by atoms with E-state index in [0.29, 0.717) is 29.2 Å². The van der Waals surface area contributed by atoms with E-state index in [-0.39, 0.29) is 5.75 Å². The molecule has 0 saturated carbocycles. The summed E-state index contributed by atoms with van der Waals surface area (Å²) in [7, 11) is 0. The van der Waals surface area contributed by atoms with E-state index in [1.54, 1.807) is 24.5 Å². The van der Waals surface area contributed by atoms with E-state index < -0.39 is 6.09 Å². The molecule has 1 amide bonds. The van der Waals surface area contributed by atoms with Crippen LogP contribution in [-0.4, -0.2) is 38.0 Å². The molecule has 0 saturated heterocycles. The molecule has 2 aromatic heterocycles. The number of unbranched alkanes of at least 4 members (excludes halogenated alkanes) is 5. The maximum Gasteiger partial charge on any atom is 0.411 e. The number of hydrogen-bond donors (Lipinski definition) is 3. The molecule has 0 bridgehead atoms. The van der Waals surface area contributed by atoms with Gasteiger partial charge in [-0.1, -0.05) is 39.0 Å². The molecule has 2 heterocycles. The third kappa shape index (κ3) is 6.04. The quantitative estimate of drug-likeness (QED) is 0.315. The third-order valence-corrected chi connectivity index (χ3v) is 4.71. The van der Waals surface area contributed by atoms with Gasteiger partial charge in [-0.3, -0.25) is 15.4 Å². The molecule has 0 aliphatic heterocycles. The number of ether oxygens (including phenoxy) is 1. The van der Waals surface area contributed by atoms with Crippen LogP contribution in [-0.2, 0) is 4.74 Å². The van der Waals surface area contributed by atoms with E-state index in [1.165, 1.54) is 38.1 Å². The fraction of sp³-hybridized carbons (Fsp3) is 0.364. The van der Waals surface area contributed by atoms with Gasteiger partial charge in [-0.15, -0.1) is 0 Å². The molecule has 158 valence electrons. The molecule has 8 heteroatoms. The Morgan fingerprint density at radius 3 is 2.70 bits per heavy atom. The van der Waals surface area contributed by atoms with Crippen LogP contribution in [0.1, 0.15) is 45.4 Å². The normalized spacial score (nSPS) is 10.7. The summed E-state index contributed by atoms with van der Waals surface area (Å²) in [6, 6.07) is 6.67. The number of carbonyl (C=O) groups is 1. The molecule has 0 spiro atoms. The number of aromatic amines is 1. The number of nitrogens with zero attached hydrogens (tertiary/aromatic N) is 3. The molecule has 0 radical (unpaired) electrons. The van der Waals surface area contributed by atoms with Crippen LogP contribution in [0.5, 0.6) is 5.75 Å². The van der Waals surface area contributed by atoms with Crippen LogP contribution in [0.25, 0.3) is 22.5 Å². The number of nitrogens with one attached hydrogen (secondary N) is 2. The minimum Gasteiger partial charge on any atom is -0.507 e. The van der Waals surface area contributed by atoms with Crippen LogP contribution >= 0.6 is 0 Å². The lowest BCUT2D eigenvalue weighted by Gasteiger charge is -2.10. The Kier molecular flexibility index (Phi) is 7.77. The van der Waals surface area contributed by atoms with Gasteiger partial charge in [0.15, 0.2) is 5.82 Å². The Morgan fingerprint density at radius 1 is 1.10 bits per heavy atom. The number of pyridine rings is 1. The van der Waals surface area contributed by atoms with Gasteiger partial charge in [0.1, 0.15) is 12.1 Å². The molecule has 0 unspecified atom stereocenters. The molecule has 0 aliphatic carbocycles. The predicted octanol–water partition coefficient (Wildman–Crippen LogP) is 5.15. The highest BCUT2D eigenvalue weighted by Gasteiger charge is 2.11. The summed E-state index contributed by atoms with van der Waals surface area (Å²) < 4.78 is 5.25. The minimum atomic E-state index is -0.506. The van der Waals surface area contributed by atoms with E-state index in [9.17, 15) is 9.90 Å². The fourth-order valence-corrected chi connectivity index (χ4v) is 3.11. The Hall–Kier alpha value is -3.42. The van der Waals surface area contributed by atoms with Crippen LogP contribution in [0, 0.1) is 0 Å². The molecule has 0 aliphatic rings. The molecule has 1 aromatic carbocycles. The summed E-state index contributed by atoms with van der Waals surface area (Å²) in [4.78, 5) is 20.4. The van der Waals surface area contributed by atoms with Gasteiger partial charge in [-0.2, -0.15) is 5.10 Å². The summed E-state index contributed by atoms with van der Waals surface area (Å²) in [6.07, 6.45) is 11.0. The maximum atomic E-state index is 12.1. The summed E-state index contributed by atoms with van der Waals surface area (Å²) in [5, 5.41) is 19.6. The van der Waals surface area contributed by atoms with Gasteiger partial charge in [0.25, 0.3) is 0 Å². The summed E-state index contributed by atoms with van der Waals surface area (Å²) in [5.74, 6) is 0.661. The molecular formula is C22H27N5O3. The number of benzene rings is 1. The Morgan fingerprint density at radius 2 is 1.90 bits per heavy atom. The van der Waals surface area contributed by atoms with Crippen molar-refractivity contribution in [2.45, 2.75) is 45.4 Å². The lowest BCUT2D eigenvalue weighted by molar-refractivity contribution is 0.159. The van der Waals surface area contributed by atoms with Crippen molar-refractivity contribution in [2.24, 2.45) is 0 Å². The SMILES string of the molecule is CCCCCCCCOC(=O)Nc1ccc(O)c(-c2cncc(-c3ncn[nH]3)c2)c1. The molecule has 0 fully saturated rings. The number of aromatic nitrogens is 4. The highest BCUT2D eigenvalue weighted by atomic mass is 16.5. The number of phenolic OH excluding ortho intramolecular Hbond substituents is 1. The first kappa shape index (κ1) is 21.3. The molecule has 3 rings (SSSR count). The molecule has 3 N–H and O–H groups in total. The number of hydrogen-bond acceptors (Lipinski definition) is 6. The predicted molar refractivity (Wildman–Crippen MR) is 115 cm³/mol. The fourth-order valence-electron chi connectivity index (χ4n) is 3.11. The second-order valence-electron chi connectivity index (χ2n) is 7.06. The van der Waals surface area contributed by atoms with Gasteiger partial charge in [-0.25, -0.2) is 9.78 Å². The number of H-pyrrole nitrogens is 1. The molecule has 8 nitrogen and oxygen atoms in total. The number of rotatable bonds is 10. The molecule has 0 atom stereocenters. The zero-order valence-electron chi connectivity index (χ0n) is 17.1. The Bertz CT molecular complexity index is 944. The first-order chi connectivity index (χ1) is 14.7. The van der Waals surface area contributed by atoms with Crippen LogP contribution < -0.4 is 5.32 Å². The van der Waals surface area contributed by atoms with Crippen LogP contribution in [0.4, 0.5) is 10.5 Å². The largest absolute Gasteiger partial charge is 0.507 e.